The first-order valence-electron chi connectivity index (χ1n) is 2.65. The molecule has 0 atom stereocenters. The zero-order valence-electron chi connectivity index (χ0n) is 5.32. The molecule has 3 heteroatoms. The minimum absolute atomic E-state index is 0.501. The van der Waals surface area contributed by atoms with Gasteiger partial charge in [0.2, 0.25) is 0 Å². The van der Waals surface area contributed by atoms with E-state index in [1.54, 1.807) is 12.1 Å². The Balaban J connectivity index is 3.09. The first-order valence-corrected chi connectivity index (χ1v) is 3.40. The Labute approximate surface area is 69.5 Å². The van der Waals surface area contributed by atoms with Crippen LogP contribution in [0.3, 0.4) is 0 Å². The lowest BCUT2D eigenvalue weighted by molar-refractivity contribution is 0.415. The van der Waals surface area contributed by atoms with E-state index in [4.69, 9.17) is 27.9 Å². The predicted molar refractivity (Wildman–Crippen MR) is 41.9 cm³/mol. The quantitative estimate of drug-likeness (QED) is 0.639. The number of hydrogen-bond donors (Lipinski definition) is 0. The summed E-state index contributed by atoms with van der Waals surface area (Å²) in [6, 6.07) is 5.91. The molecule has 0 aromatic heterocycles. The molecular formula is C7H5Cl2O. The Morgan fingerprint density at radius 3 is 2.70 bits per heavy atom. The summed E-state index contributed by atoms with van der Waals surface area (Å²) in [6.07, 6.45) is 0. The summed E-state index contributed by atoms with van der Waals surface area (Å²) in [5.74, 6) is 0.574. The average Bonchev–Trinajstić information content (AvgIpc) is 1.94. The highest BCUT2D eigenvalue weighted by Crippen LogP contribution is 2.26. The Morgan fingerprint density at radius 2 is 2.20 bits per heavy atom. The number of rotatable bonds is 1. The fourth-order valence-electron chi connectivity index (χ4n) is 0.586. The zero-order chi connectivity index (χ0) is 7.56. The molecule has 1 aromatic carbocycles. The van der Waals surface area contributed by atoms with Crippen molar-refractivity contribution in [2.75, 3.05) is 7.11 Å². The van der Waals surface area contributed by atoms with E-state index >= 15 is 0 Å². The van der Waals surface area contributed by atoms with Crippen molar-refractivity contribution >= 4 is 23.2 Å². The lowest BCUT2D eigenvalue weighted by Crippen LogP contribution is -1.82. The Morgan fingerprint density at radius 1 is 1.50 bits per heavy atom. The molecule has 0 fully saturated rings. The number of methoxy groups -OCH3 is 1. The van der Waals surface area contributed by atoms with Gasteiger partial charge in [-0.2, -0.15) is 0 Å². The molecule has 1 nitrogen and oxygen atoms in total. The van der Waals surface area contributed by atoms with Crippen molar-refractivity contribution in [3.63, 3.8) is 0 Å². The van der Waals surface area contributed by atoms with Gasteiger partial charge in [-0.15, -0.1) is 0 Å². The van der Waals surface area contributed by atoms with Crippen LogP contribution in [-0.2, 0) is 0 Å². The van der Waals surface area contributed by atoms with Gasteiger partial charge >= 0.3 is 0 Å². The largest absolute Gasteiger partial charge is 0.495 e. The molecule has 0 aliphatic carbocycles. The van der Waals surface area contributed by atoms with Crippen LogP contribution in [0.15, 0.2) is 12.1 Å². The molecule has 0 aliphatic rings. The van der Waals surface area contributed by atoms with Gasteiger partial charge in [-0.3, -0.25) is 0 Å². The van der Waals surface area contributed by atoms with E-state index < -0.39 is 0 Å². The van der Waals surface area contributed by atoms with Crippen molar-refractivity contribution in [3.8, 4) is 5.75 Å². The molecule has 0 bridgehead atoms. The van der Waals surface area contributed by atoms with E-state index in [0.29, 0.717) is 15.8 Å². The molecule has 0 amide bonds. The molecule has 0 saturated carbocycles. The maximum absolute atomic E-state index is 5.68. The van der Waals surface area contributed by atoms with Crippen molar-refractivity contribution in [1.82, 2.24) is 0 Å². The maximum Gasteiger partial charge on any atom is 0.138 e. The van der Waals surface area contributed by atoms with Gasteiger partial charge in [-0.1, -0.05) is 23.2 Å². The normalized spacial score (nSPS) is 9.50. The SMILES string of the molecule is COc1cc(Cl)[c]cc1Cl. The van der Waals surface area contributed by atoms with Crippen molar-refractivity contribution in [2.45, 2.75) is 0 Å². The molecule has 1 radical (unpaired) electrons. The molecule has 0 heterocycles. The van der Waals surface area contributed by atoms with Crippen LogP contribution in [0.4, 0.5) is 0 Å². The van der Waals surface area contributed by atoms with Crippen molar-refractivity contribution in [2.24, 2.45) is 0 Å². The van der Waals surface area contributed by atoms with Crippen LogP contribution in [-0.4, -0.2) is 7.11 Å². The van der Waals surface area contributed by atoms with Crippen molar-refractivity contribution in [1.29, 1.82) is 0 Å². The standard InChI is InChI=1S/C7H5Cl2O/c1-10-7-4-5(8)2-3-6(7)9/h3-4H,1H3. The molecule has 53 valence electrons. The third-order valence-electron chi connectivity index (χ3n) is 1.05. The minimum atomic E-state index is 0.501. The summed E-state index contributed by atoms with van der Waals surface area (Å²) in [6.45, 7) is 0. The third-order valence-corrected chi connectivity index (χ3v) is 1.56. The summed E-state index contributed by atoms with van der Waals surface area (Å²) in [5, 5.41) is 1.02. The van der Waals surface area contributed by atoms with Crippen LogP contribution in [0, 0.1) is 6.07 Å². The second kappa shape index (κ2) is 3.13. The van der Waals surface area contributed by atoms with E-state index in [2.05, 4.69) is 6.07 Å². The molecule has 0 spiro atoms. The first-order chi connectivity index (χ1) is 4.74. The van der Waals surface area contributed by atoms with Crippen molar-refractivity contribution in [3.05, 3.63) is 28.2 Å². The molecule has 1 aromatic rings. The smallest absolute Gasteiger partial charge is 0.138 e. The fraction of sp³-hybridized carbons (Fsp3) is 0.143. The Hall–Kier alpha value is -0.400. The number of benzene rings is 1. The molecular weight excluding hydrogens is 171 g/mol. The van der Waals surface area contributed by atoms with E-state index in [1.165, 1.54) is 7.11 Å². The molecule has 0 unspecified atom stereocenters. The van der Waals surface area contributed by atoms with Crippen LogP contribution in [0.2, 0.25) is 10.0 Å². The highest BCUT2D eigenvalue weighted by molar-refractivity contribution is 6.34. The van der Waals surface area contributed by atoms with E-state index in [0.717, 1.165) is 0 Å². The Bertz CT molecular complexity index is 235. The van der Waals surface area contributed by atoms with Gasteiger partial charge in [0.05, 0.1) is 17.2 Å². The van der Waals surface area contributed by atoms with Crippen LogP contribution in [0.5, 0.6) is 5.75 Å². The van der Waals surface area contributed by atoms with Gasteiger partial charge in [0.15, 0.2) is 0 Å². The van der Waals surface area contributed by atoms with Gasteiger partial charge in [-0.05, 0) is 6.07 Å². The highest BCUT2D eigenvalue weighted by Gasteiger charge is 1.98. The molecule has 1 rings (SSSR count). The molecule has 0 saturated heterocycles. The topological polar surface area (TPSA) is 9.23 Å². The number of halogens is 2. The average molecular weight is 176 g/mol. The predicted octanol–water partition coefficient (Wildman–Crippen LogP) is 2.80. The third kappa shape index (κ3) is 1.55. The lowest BCUT2D eigenvalue weighted by Gasteiger charge is -2.00. The fourth-order valence-corrected chi connectivity index (χ4v) is 0.925. The van der Waals surface area contributed by atoms with E-state index in [1.807, 2.05) is 0 Å². The van der Waals surface area contributed by atoms with Gasteiger partial charge in [0.25, 0.3) is 0 Å². The zero-order valence-corrected chi connectivity index (χ0v) is 6.83. The minimum Gasteiger partial charge on any atom is -0.495 e. The van der Waals surface area contributed by atoms with Crippen LogP contribution < -0.4 is 4.74 Å². The van der Waals surface area contributed by atoms with Gasteiger partial charge < -0.3 is 4.74 Å². The monoisotopic (exact) mass is 175 g/mol. The Kier molecular flexibility index (Phi) is 2.41. The first kappa shape index (κ1) is 7.70. The van der Waals surface area contributed by atoms with Crippen molar-refractivity contribution < 1.29 is 4.74 Å². The molecule has 0 aliphatic heterocycles. The molecule has 0 N–H and O–H groups in total. The second-order valence-corrected chi connectivity index (χ2v) is 2.51. The molecule has 10 heavy (non-hydrogen) atoms. The van der Waals surface area contributed by atoms with Crippen LogP contribution >= 0.6 is 23.2 Å². The van der Waals surface area contributed by atoms with E-state index in [-0.39, 0.29) is 0 Å². The van der Waals surface area contributed by atoms with Gasteiger partial charge in [-0.25, -0.2) is 0 Å². The van der Waals surface area contributed by atoms with Gasteiger partial charge in [0.1, 0.15) is 5.75 Å². The van der Waals surface area contributed by atoms with Crippen LogP contribution in [0.25, 0.3) is 0 Å². The van der Waals surface area contributed by atoms with Gasteiger partial charge in [0, 0.05) is 12.1 Å². The summed E-state index contributed by atoms with van der Waals surface area (Å²) in [5.41, 5.74) is 0. The van der Waals surface area contributed by atoms with Crippen LogP contribution in [0.1, 0.15) is 0 Å². The van der Waals surface area contributed by atoms with E-state index in [9.17, 15) is 0 Å². The maximum atomic E-state index is 5.68. The summed E-state index contributed by atoms with van der Waals surface area (Å²) >= 11 is 11.3. The summed E-state index contributed by atoms with van der Waals surface area (Å²) in [4.78, 5) is 0. The number of hydrogen-bond acceptors (Lipinski definition) is 1. The number of ether oxygens (including phenoxy) is 1. The summed E-state index contributed by atoms with van der Waals surface area (Å²) in [7, 11) is 1.54. The summed E-state index contributed by atoms with van der Waals surface area (Å²) < 4.78 is 4.89. The second-order valence-electron chi connectivity index (χ2n) is 1.70. The highest BCUT2D eigenvalue weighted by atomic mass is 35.5. The lowest BCUT2D eigenvalue weighted by atomic mass is 10.3.